The van der Waals surface area contributed by atoms with Crippen LogP contribution >= 0.6 is 11.6 Å². The molecule has 2 aromatic rings. The van der Waals surface area contributed by atoms with E-state index in [0.29, 0.717) is 0 Å². The molecule has 0 aliphatic carbocycles. The standard InChI is InChI=1S/C17H21ClN2O/c1-4-19-12-13-11-14(18)5-10-17(13)20(2)15-6-8-16(21-3)9-7-15/h5-11,19H,4,12H2,1-3H3. The van der Waals surface area contributed by atoms with E-state index < -0.39 is 0 Å². The van der Waals surface area contributed by atoms with Crippen LogP contribution < -0.4 is 15.0 Å². The van der Waals surface area contributed by atoms with Crippen molar-refractivity contribution in [3.05, 3.63) is 53.1 Å². The summed E-state index contributed by atoms with van der Waals surface area (Å²) in [6, 6.07) is 14.0. The summed E-state index contributed by atoms with van der Waals surface area (Å²) in [5.41, 5.74) is 3.43. The van der Waals surface area contributed by atoms with Gasteiger partial charge in [0.05, 0.1) is 7.11 Å². The SMILES string of the molecule is CCNCc1cc(Cl)ccc1N(C)c1ccc(OC)cc1. The Kier molecular flexibility index (Phi) is 5.48. The van der Waals surface area contributed by atoms with Crippen molar-refractivity contribution in [2.45, 2.75) is 13.5 Å². The van der Waals surface area contributed by atoms with Crippen molar-refractivity contribution < 1.29 is 4.74 Å². The topological polar surface area (TPSA) is 24.5 Å². The summed E-state index contributed by atoms with van der Waals surface area (Å²) >= 11 is 6.12. The highest BCUT2D eigenvalue weighted by atomic mass is 35.5. The molecule has 0 heterocycles. The second-order valence-corrected chi connectivity index (χ2v) is 5.25. The number of nitrogens with one attached hydrogen (secondary N) is 1. The number of nitrogens with zero attached hydrogens (tertiary/aromatic N) is 1. The minimum Gasteiger partial charge on any atom is -0.497 e. The van der Waals surface area contributed by atoms with Crippen LogP contribution in [0.2, 0.25) is 5.02 Å². The van der Waals surface area contributed by atoms with Gasteiger partial charge in [0, 0.05) is 30.0 Å². The van der Waals surface area contributed by atoms with Crippen LogP contribution in [0.3, 0.4) is 0 Å². The van der Waals surface area contributed by atoms with Crippen molar-refractivity contribution in [2.75, 3.05) is 25.6 Å². The molecule has 0 spiro atoms. The Morgan fingerprint density at radius 1 is 1.14 bits per heavy atom. The lowest BCUT2D eigenvalue weighted by atomic mass is 10.1. The summed E-state index contributed by atoms with van der Waals surface area (Å²) in [5, 5.41) is 4.11. The lowest BCUT2D eigenvalue weighted by molar-refractivity contribution is 0.415. The van der Waals surface area contributed by atoms with Gasteiger partial charge >= 0.3 is 0 Å². The molecule has 2 aromatic carbocycles. The number of methoxy groups -OCH3 is 1. The zero-order chi connectivity index (χ0) is 15.2. The van der Waals surface area contributed by atoms with Gasteiger partial charge in [0.1, 0.15) is 5.75 Å². The van der Waals surface area contributed by atoms with Crippen LogP contribution in [0.5, 0.6) is 5.75 Å². The molecule has 21 heavy (non-hydrogen) atoms. The Morgan fingerprint density at radius 3 is 2.48 bits per heavy atom. The molecule has 3 nitrogen and oxygen atoms in total. The van der Waals surface area contributed by atoms with Gasteiger partial charge in [0.15, 0.2) is 0 Å². The average molecular weight is 305 g/mol. The normalized spacial score (nSPS) is 10.5. The van der Waals surface area contributed by atoms with Gasteiger partial charge in [-0.1, -0.05) is 18.5 Å². The maximum atomic E-state index is 6.12. The fourth-order valence-corrected chi connectivity index (χ4v) is 2.42. The van der Waals surface area contributed by atoms with Gasteiger partial charge in [-0.05, 0) is 54.6 Å². The molecule has 0 fully saturated rings. The minimum absolute atomic E-state index is 0.759. The molecule has 0 saturated carbocycles. The van der Waals surface area contributed by atoms with Gasteiger partial charge in [-0.25, -0.2) is 0 Å². The van der Waals surface area contributed by atoms with Crippen LogP contribution in [-0.2, 0) is 6.54 Å². The second kappa shape index (κ2) is 7.34. The maximum absolute atomic E-state index is 6.12. The molecular weight excluding hydrogens is 284 g/mol. The highest BCUT2D eigenvalue weighted by Crippen LogP contribution is 2.30. The van der Waals surface area contributed by atoms with E-state index >= 15 is 0 Å². The Balaban J connectivity index is 2.30. The van der Waals surface area contributed by atoms with Gasteiger partial charge in [0.25, 0.3) is 0 Å². The Bertz CT molecular complexity index is 584. The lowest BCUT2D eigenvalue weighted by Crippen LogP contribution is -2.17. The number of rotatable bonds is 6. The first-order valence-electron chi connectivity index (χ1n) is 7.02. The quantitative estimate of drug-likeness (QED) is 0.864. The third kappa shape index (κ3) is 3.90. The van der Waals surface area contributed by atoms with E-state index in [1.807, 2.05) is 36.4 Å². The molecule has 112 valence electrons. The predicted molar refractivity (Wildman–Crippen MR) is 89.9 cm³/mol. The third-order valence-corrected chi connectivity index (χ3v) is 3.66. The van der Waals surface area contributed by atoms with E-state index in [-0.39, 0.29) is 0 Å². The Labute approximate surface area is 131 Å². The zero-order valence-corrected chi connectivity index (χ0v) is 13.4. The van der Waals surface area contributed by atoms with E-state index in [2.05, 4.69) is 30.3 Å². The number of hydrogen-bond acceptors (Lipinski definition) is 3. The number of benzene rings is 2. The molecule has 0 amide bonds. The van der Waals surface area contributed by atoms with Gasteiger partial charge in [-0.3, -0.25) is 0 Å². The first-order valence-corrected chi connectivity index (χ1v) is 7.40. The number of ether oxygens (including phenoxy) is 1. The van der Waals surface area contributed by atoms with Crippen molar-refractivity contribution in [1.82, 2.24) is 5.32 Å². The van der Waals surface area contributed by atoms with E-state index in [0.717, 1.165) is 35.2 Å². The molecular formula is C17H21ClN2O. The smallest absolute Gasteiger partial charge is 0.119 e. The summed E-state index contributed by atoms with van der Waals surface area (Å²) in [5.74, 6) is 0.858. The fourth-order valence-electron chi connectivity index (χ4n) is 2.23. The molecule has 0 atom stereocenters. The molecule has 0 unspecified atom stereocenters. The molecule has 0 aliphatic heterocycles. The van der Waals surface area contributed by atoms with Crippen LogP contribution in [0.4, 0.5) is 11.4 Å². The minimum atomic E-state index is 0.759. The third-order valence-electron chi connectivity index (χ3n) is 3.43. The van der Waals surface area contributed by atoms with Gasteiger partial charge < -0.3 is 15.0 Å². The molecule has 0 aliphatic rings. The zero-order valence-electron chi connectivity index (χ0n) is 12.7. The van der Waals surface area contributed by atoms with Gasteiger partial charge in [-0.15, -0.1) is 0 Å². The molecule has 1 N–H and O–H groups in total. The molecule has 4 heteroatoms. The van der Waals surface area contributed by atoms with Crippen molar-refractivity contribution in [2.24, 2.45) is 0 Å². The summed E-state index contributed by atoms with van der Waals surface area (Å²) in [7, 11) is 3.73. The van der Waals surface area contributed by atoms with E-state index in [1.54, 1.807) is 7.11 Å². The predicted octanol–water partition coefficient (Wildman–Crippen LogP) is 4.23. The average Bonchev–Trinajstić information content (AvgIpc) is 2.52. The fraction of sp³-hybridized carbons (Fsp3) is 0.294. The molecule has 0 radical (unpaired) electrons. The Morgan fingerprint density at radius 2 is 1.86 bits per heavy atom. The summed E-state index contributed by atoms with van der Waals surface area (Å²) in [6.07, 6.45) is 0. The number of halogens is 1. The maximum Gasteiger partial charge on any atom is 0.119 e. The van der Waals surface area contributed by atoms with Gasteiger partial charge in [-0.2, -0.15) is 0 Å². The molecule has 2 rings (SSSR count). The van der Waals surface area contributed by atoms with Crippen molar-refractivity contribution in [3.8, 4) is 5.75 Å². The van der Waals surface area contributed by atoms with Crippen molar-refractivity contribution in [3.63, 3.8) is 0 Å². The largest absolute Gasteiger partial charge is 0.497 e. The Hall–Kier alpha value is -1.71. The van der Waals surface area contributed by atoms with Gasteiger partial charge in [0.2, 0.25) is 0 Å². The summed E-state index contributed by atoms with van der Waals surface area (Å²) < 4.78 is 5.20. The molecule has 0 saturated heterocycles. The van der Waals surface area contributed by atoms with Crippen LogP contribution in [0.15, 0.2) is 42.5 Å². The molecule has 0 aromatic heterocycles. The first kappa shape index (κ1) is 15.7. The van der Waals surface area contributed by atoms with E-state index in [9.17, 15) is 0 Å². The van der Waals surface area contributed by atoms with Crippen LogP contribution in [0, 0.1) is 0 Å². The van der Waals surface area contributed by atoms with Crippen LogP contribution in [0.25, 0.3) is 0 Å². The number of hydrogen-bond donors (Lipinski definition) is 1. The van der Waals surface area contributed by atoms with Crippen LogP contribution in [-0.4, -0.2) is 20.7 Å². The number of anilines is 2. The van der Waals surface area contributed by atoms with E-state index in [4.69, 9.17) is 16.3 Å². The first-order chi connectivity index (χ1) is 10.2. The highest BCUT2D eigenvalue weighted by Gasteiger charge is 2.10. The summed E-state index contributed by atoms with van der Waals surface area (Å²) in [4.78, 5) is 2.16. The highest BCUT2D eigenvalue weighted by molar-refractivity contribution is 6.30. The second-order valence-electron chi connectivity index (χ2n) is 4.81. The monoisotopic (exact) mass is 304 g/mol. The van der Waals surface area contributed by atoms with Crippen molar-refractivity contribution in [1.29, 1.82) is 0 Å². The van der Waals surface area contributed by atoms with Crippen LogP contribution in [0.1, 0.15) is 12.5 Å². The summed E-state index contributed by atoms with van der Waals surface area (Å²) in [6.45, 7) is 3.82. The lowest BCUT2D eigenvalue weighted by Gasteiger charge is -2.23. The molecule has 0 bridgehead atoms. The van der Waals surface area contributed by atoms with Crippen molar-refractivity contribution >= 4 is 23.0 Å². The van der Waals surface area contributed by atoms with E-state index in [1.165, 1.54) is 5.56 Å².